The molecule has 1 aliphatic rings. The summed E-state index contributed by atoms with van der Waals surface area (Å²) in [6.45, 7) is 3.94. The molecule has 2 aromatic rings. The van der Waals surface area contributed by atoms with Gasteiger partial charge in [0.15, 0.2) is 0 Å². The molecule has 1 fully saturated rings. The van der Waals surface area contributed by atoms with Gasteiger partial charge in [0.1, 0.15) is 0 Å². The van der Waals surface area contributed by atoms with Gasteiger partial charge in [-0.1, -0.05) is 38.3 Å². The molecule has 0 radical (unpaired) electrons. The molecule has 4 nitrogen and oxygen atoms in total. The van der Waals surface area contributed by atoms with Gasteiger partial charge >= 0.3 is 0 Å². The third-order valence-corrected chi connectivity index (χ3v) is 6.29. The van der Waals surface area contributed by atoms with Crippen molar-refractivity contribution in [2.24, 2.45) is 11.8 Å². The van der Waals surface area contributed by atoms with Gasteiger partial charge in [-0.3, -0.25) is 9.59 Å². The lowest BCUT2D eigenvalue weighted by Gasteiger charge is -2.28. The van der Waals surface area contributed by atoms with Crippen molar-refractivity contribution in [2.45, 2.75) is 39.5 Å². The molecule has 0 saturated heterocycles. The zero-order valence-electron chi connectivity index (χ0n) is 16.0. The number of rotatable bonds is 4. The summed E-state index contributed by atoms with van der Waals surface area (Å²) in [7, 11) is 0. The van der Waals surface area contributed by atoms with E-state index in [2.05, 4.69) is 42.5 Å². The SMILES string of the molecule is Cc1cc(Br)ccc1NC(=O)[C@@H]1CCC[C@@H](C(=O)Nc2ccc(Br)cc2C)C1. The number of hydrogen-bond acceptors (Lipinski definition) is 2. The average Bonchev–Trinajstić information content (AvgIpc) is 2.66. The largest absolute Gasteiger partial charge is 0.326 e. The van der Waals surface area contributed by atoms with Gasteiger partial charge in [-0.2, -0.15) is 0 Å². The lowest BCUT2D eigenvalue weighted by atomic mass is 9.80. The minimum atomic E-state index is -0.140. The maximum Gasteiger partial charge on any atom is 0.227 e. The van der Waals surface area contributed by atoms with Gasteiger partial charge in [-0.15, -0.1) is 0 Å². The Kier molecular flexibility index (Phi) is 6.94. The maximum absolute atomic E-state index is 12.8. The standard InChI is InChI=1S/C22H24Br2N2O2/c1-13-10-17(23)6-8-19(13)25-21(27)15-4-3-5-16(12-15)22(28)26-20-9-7-18(24)11-14(20)2/h6-11,15-16H,3-5,12H2,1-2H3,(H,25,27)(H,26,28)/t15-,16-/m1/s1. The van der Waals surface area contributed by atoms with Crippen LogP contribution in [0.2, 0.25) is 0 Å². The Morgan fingerprint density at radius 3 is 1.64 bits per heavy atom. The molecule has 0 bridgehead atoms. The van der Waals surface area contributed by atoms with Crippen LogP contribution in [0.25, 0.3) is 0 Å². The van der Waals surface area contributed by atoms with Crippen LogP contribution in [0.1, 0.15) is 36.8 Å². The van der Waals surface area contributed by atoms with E-state index >= 15 is 0 Å². The summed E-state index contributed by atoms with van der Waals surface area (Å²) in [5.41, 5.74) is 3.67. The maximum atomic E-state index is 12.8. The predicted octanol–water partition coefficient (Wildman–Crippen LogP) is 6.21. The highest BCUT2D eigenvalue weighted by Crippen LogP contribution is 2.32. The van der Waals surface area contributed by atoms with Crippen LogP contribution < -0.4 is 10.6 Å². The lowest BCUT2D eigenvalue weighted by molar-refractivity contribution is -0.124. The Hall–Kier alpha value is -1.66. The van der Waals surface area contributed by atoms with Gasteiger partial charge in [0.25, 0.3) is 0 Å². The number of carbonyl (C=O) groups is 2. The summed E-state index contributed by atoms with van der Waals surface area (Å²) < 4.78 is 1.97. The first-order valence-corrected chi connectivity index (χ1v) is 11.1. The van der Waals surface area contributed by atoms with Crippen LogP contribution in [0.15, 0.2) is 45.3 Å². The van der Waals surface area contributed by atoms with E-state index in [0.29, 0.717) is 6.42 Å². The molecule has 2 atom stereocenters. The molecule has 1 saturated carbocycles. The Morgan fingerprint density at radius 1 is 0.821 bits per heavy atom. The van der Waals surface area contributed by atoms with Gasteiger partial charge in [-0.05, 0) is 80.6 Å². The van der Waals surface area contributed by atoms with Crippen molar-refractivity contribution in [3.63, 3.8) is 0 Å². The fourth-order valence-corrected chi connectivity index (χ4v) is 4.62. The van der Waals surface area contributed by atoms with E-state index in [1.54, 1.807) is 0 Å². The Labute approximate surface area is 182 Å². The molecule has 6 heteroatoms. The molecule has 2 amide bonds. The summed E-state index contributed by atoms with van der Waals surface area (Å²) in [5, 5.41) is 6.07. The van der Waals surface area contributed by atoms with Crippen molar-refractivity contribution in [1.82, 2.24) is 0 Å². The fraction of sp³-hybridized carbons (Fsp3) is 0.364. The number of benzene rings is 2. The zero-order chi connectivity index (χ0) is 20.3. The fourth-order valence-electron chi connectivity index (χ4n) is 3.67. The van der Waals surface area contributed by atoms with Crippen LogP contribution >= 0.6 is 31.9 Å². The van der Waals surface area contributed by atoms with Crippen LogP contribution in [-0.4, -0.2) is 11.8 Å². The van der Waals surface area contributed by atoms with Crippen LogP contribution in [-0.2, 0) is 9.59 Å². The number of carbonyl (C=O) groups excluding carboxylic acids is 2. The van der Waals surface area contributed by atoms with E-state index in [-0.39, 0.29) is 23.7 Å². The van der Waals surface area contributed by atoms with E-state index in [1.165, 1.54) is 0 Å². The number of hydrogen-bond donors (Lipinski definition) is 2. The highest BCUT2D eigenvalue weighted by molar-refractivity contribution is 9.10. The summed E-state index contributed by atoms with van der Waals surface area (Å²) in [4.78, 5) is 25.5. The van der Waals surface area contributed by atoms with E-state index in [9.17, 15) is 9.59 Å². The molecule has 148 valence electrons. The molecule has 1 aliphatic carbocycles. The molecule has 0 heterocycles. The van der Waals surface area contributed by atoms with Gasteiger partial charge in [0.2, 0.25) is 11.8 Å². The molecule has 2 aromatic carbocycles. The van der Waals surface area contributed by atoms with E-state index in [1.807, 2.05) is 50.2 Å². The van der Waals surface area contributed by atoms with Crippen molar-refractivity contribution in [3.8, 4) is 0 Å². The van der Waals surface area contributed by atoms with Crippen LogP contribution in [0.5, 0.6) is 0 Å². The highest BCUT2D eigenvalue weighted by Gasteiger charge is 2.31. The number of nitrogens with one attached hydrogen (secondary N) is 2. The minimum Gasteiger partial charge on any atom is -0.326 e. The summed E-state index contributed by atoms with van der Waals surface area (Å²) in [6, 6.07) is 11.6. The van der Waals surface area contributed by atoms with Crippen LogP contribution in [0.3, 0.4) is 0 Å². The van der Waals surface area contributed by atoms with Gasteiger partial charge in [-0.25, -0.2) is 0 Å². The van der Waals surface area contributed by atoms with Crippen molar-refractivity contribution >= 4 is 55.0 Å². The molecular formula is C22H24Br2N2O2. The highest BCUT2D eigenvalue weighted by atomic mass is 79.9. The quantitative estimate of drug-likeness (QED) is 0.516. The second kappa shape index (κ2) is 9.23. The van der Waals surface area contributed by atoms with Gasteiger partial charge < -0.3 is 10.6 Å². The predicted molar refractivity (Wildman–Crippen MR) is 120 cm³/mol. The van der Waals surface area contributed by atoms with Crippen LogP contribution in [0, 0.1) is 25.7 Å². The Balaban J connectivity index is 1.62. The molecular weight excluding hydrogens is 484 g/mol. The number of amides is 2. The molecule has 0 aromatic heterocycles. The van der Waals surface area contributed by atoms with Crippen molar-refractivity contribution in [1.29, 1.82) is 0 Å². The monoisotopic (exact) mass is 506 g/mol. The first-order valence-electron chi connectivity index (χ1n) is 9.47. The smallest absolute Gasteiger partial charge is 0.227 e. The Morgan fingerprint density at radius 2 is 1.25 bits per heavy atom. The summed E-state index contributed by atoms with van der Waals surface area (Å²) >= 11 is 6.88. The first-order chi connectivity index (χ1) is 13.3. The molecule has 2 N–H and O–H groups in total. The van der Waals surface area contributed by atoms with Crippen molar-refractivity contribution in [2.75, 3.05) is 10.6 Å². The molecule has 0 spiro atoms. The molecule has 0 aliphatic heterocycles. The third-order valence-electron chi connectivity index (χ3n) is 5.31. The van der Waals surface area contributed by atoms with Crippen molar-refractivity contribution < 1.29 is 9.59 Å². The molecule has 3 rings (SSSR count). The van der Waals surface area contributed by atoms with E-state index in [4.69, 9.17) is 0 Å². The zero-order valence-corrected chi connectivity index (χ0v) is 19.2. The Bertz CT molecular complexity index is 827. The number of halogens is 2. The average molecular weight is 508 g/mol. The van der Waals surface area contributed by atoms with Crippen molar-refractivity contribution in [3.05, 3.63) is 56.5 Å². The second-order valence-electron chi connectivity index (χ2n) is 7.46. The van der Waals surface area contributed by atoms with Gasteiger partial charge in [0, 0.05) is 32.2 Å². The first kappa shape index (κ1) is 21.1. The third kappa shape index (κ3) is 5.23. The summed E-state index contributed by atoms with van der Waals surface area (Å²) in [5.74, 6) is -0.275. The van der Waals surface area contributed by atoms with Crippen LogP contribution in [0.4, 0.5) is 11.4 Å². The van der Waals surface area contributed by atoms with Gasteiger partial charge in [0.05, 0.1) is 0 Å². The summed E-state index contributed by atoms with van der Waals surface area (Å²) in [6.07, 6.45) is 3.11. The second-order valence-corrected chi connectivity index (χ2v) is 9.29. The van der Waals surface area contributed by atoms with E-state index in [0.717, 1.165) is 50.7 Å². The number of anilines is 2. The number of aryl methyl sites for hydroxylation is 2. The molecule has 28 heavy (non-hydrogen) atoms. The normalized spacial score (nSPS) is 19.1. The van der Waals surface area contributed by atoms with E-state index < -0.39 is 0 Å². The lowest BCUT2D eigenvalue weighted by Crippen LogP contribution is -2.33. The molecule has 0 unspecified atom stereocenters. The topological polar surface area (TPSA) is 58.2 Å². The minimum absolute atomic E-state index is 0.00254.